The van der Waals surface area contributed by atoms with Crippen molar-refractivity contribution in [3.63, 3.8) is 0 Å². The van der Waals surface area contributed by atoms with Crippen LogP contribution in [0, 0.1) is 18.3 Å². The molecule has 0 radical (unpaired) electrons. The summed E-state index contributed by atoms with van der Waals surface area (Å²) in [5.74, 6) is 0.810. The first-order valence-corrected chi connectivity index (χ1v) is 5.56. The van der Waals surface area contributed by atoms with E-state index in [1.54, 1.807) is 0 Å². The van der Waals surface area contributed by atoms with Crippen molar-refractivity contribution < 1.29 is 0 Å². The molecule has 4 nitrogen and oxygen atoms in total. The van der Waals surface area contributed by atoms with Crippen LogP contribution in [0.4, 0.5) is 5.82 Å². The van der Waals surface area contributed by atoms with Gasteiger partial charge in [-0.25, -0.2) is 9.97 Å². The molecule has 1 aromatic heterocycles. The molecule has 0 aliphatic carbocycles. The molecule has 0 spiro atoms. The second-order valence-corrected chi connectivity index (χ2v) is 4.17. The van der Waals surface area contributed by atoms with E-state index in [1.165, 1.54) is 6.33 Å². The highest BCUT2D eigenvalue weighted by Gasteiger charge is 2.15. The van der Waals surface area contributed by atoms with E-state index in [0.717, 1.165) is 11.4 Å². The van der Waals surface area contributed by atoms with Crippen LogP contribution >= 0.6 is 11.6 Å². The summed E-state index contributed by atoms with van der Waals surface area (Å²) < 4.78 is 0. The van der Waals surface area contributed by atoms with Crippen LogP contribution < -0.4 is 4.90 Å². The van der Waals surface area contributed by atoms with E-state index in [0.29, 0.717) is 18.1 Å². The lowest BCUT2D eigenvalue weighted by Gasteiger charge is -2.28. The number of aromatic nitrogens is 2. The Labute approximate surface area is 101 Å². The molecular weight excluding hydrogens is 224 g/mol. The largest absolute Gasteiger partial charge is 0.353 e. The predicted octanol–water partition coefficient (Wildman–Crippen LogP) is 2.57. The zero-order valence-electron chi connectivity index (χ0n) is 9.74. The molecule has 16 heavy (non-hydrogen) atoms. The molecule has 86 valence electrons. The van der Waals surface area contributed by atoms with Gasteiger partial charge in [-0.1, -0.05) is 11.6 Å². The average molecular weight is 239 g/mol. The van der Waals surface area contributed by atoms with Crippen molar-refractivity contribution in [3.05, 3.63) is 17.0 Å². The number of nitriles is 1. The van der Waals surface area contributed by atoms with Gasteiger partial charge in [-0.05, 0) is 20.8 Å². The molecule has 0 N–H and O–H groups in total. The van der Waals surface area contributed by atoms with Crippen molar-refractivity contribution in [3.8, 4) is 6.07 Å². The van der Waals surface area contributed by atoms with Crippen LogP contribution in [-0.4, -0.2) is 22.6 Å². The van der Waals surface area contributed by atoms with E-state index in [2.05, 4.69) is 34.8 Å². The summed E-state index contributed by atoms with van der Waals surface area (Å²) >= 11 is 5.95. The Morgan fingerprint density at radius 2 is 2.19 bits per heavy atom. The number of anilines is 1. The molecule has 0 saturated heterocycles. The number of halogens is 1. The normalized spacial score (nSPS) is 10.2. The number of hydrogen-bond acceptors (Lipinski definition) is 4. The maximum Gasteiger partial charge on any atom is 0.137 e. The van der Waals surface area contributed by atoms with Crippen LogP contribution in [0.15, 0.2) is 6.33 Å². The van der Waals surface area contributed by atoms with Gasteiger partial charge in [0.1, 0.15) is 17.3 Å². The molecule has 0 aliphatic heterocycles. The summed E-state index contributed by atoms with van der Waals surface area (Å²) in [6.07, 6.45) is 1.92. The molecule has 0 unspecified atom stereocenters. The van der Waals surface area contributed by atoms with Gasteiger partial charge in [0.05, 0.1) is 12.5 Å². The van der Waals surface area contributed by atoms with Crippen LogP contribution in [0.3, 0.4) is 0 Å². The van der Waals surface area contributed by atoms with Crippen LogP contribution in [0.2, 0.25) is 5.15 Å². The van der Waals surface area contributed by atoms with Gasteiger partial charge in [-0.3, -0.25) is 0 Å². The van der Waals surface area contributed by atoms with E-state index in [9.17, 15) is 0 Å². The Morgan fingerprint density at radius 1 is 1.50 bits per heavy atom. The summed E-state index contributed by atoms with van der Waals surface area (Å²) in [5.41, 5.74) is 0.857. The van der Waals surface area contributed by atoms with E-state index in [4.69, 9.17) is 16.9 Å². The molecule has 0 amide bonds. The van der Waals surface area contributed by atoms with Gasteiger partial charge in [-0.2, -0.15) is 5.26 Å². The highest BCUT2D eigenvalue weighted by molar-refractivity contribution is 6.30. The van der Waals surface area contributed by atoms with Crippen molar-refractivity contribution in [2.45, 2.75) is 33.2 Å². The lowest BCUT2D eigenvalue weighted by molar-refractivity contribution is 0.673. The minimum absolute atomic E-state index is 0.276. The van der Waals surface area contributed by atoms with Crippen LogP contribution in [0.25, 0.3) is 0 Å². The number of hydrogen-bond donors (Lipinski definition) is 0. The first kappa shape index (κ1) is 12.7. The zero-order valence-corrected chi connectivity index (χ0v) is 10.5. The lowest BCUT2D eigenvalue weighted by Crippen LogP contribution is -2.33. The summed E-state index contributed by atoms with van der Waals surface area (Å²) in [4.78, 5) is 10.2. The third-order valence-corrected chi connectivity index (χ3v) is 2.74. The highest BCUT2D eigenvalue weighted by atomic mass is 35.5. The second-order valence-electron chi connectivity index (χ2n) is 3.81. The van der Waals surface area contributed by atoms with Gasteiger partial charge in [-0.15, -0.1) is 0 Å². The molecule has 5 heteroatoms. The Morgan fingerprint density at radius 3 is 2.75 bits per heavy atom. The van der Waals surface area contributed by atoms with Crippen molar-refractivity contribution in [2.24, 2.45) is 0 Å². The Hall–Kier alpha value is -1.34. The molecule has 1 heterocycles. The smallest absolute Gasteiger partial charge is 0.137 e. The quantitative estimate of drug-likeness (QED) is 0.757. The van der Waals surface area contributed by atoms with Gasteiger partial charge < -0.3 is 4.90 Å². The fourth-order valence-corrected chi connectivity index (χ4v) is 1.62. The molecule has 0 atom stereocenters. The van der Waals surface area contributed by atoms with Gasteiger partial charge in [0.25, 0.3) is 0 Å². The molecule has 0 fully saturated rings. The fraction of sp³-hybridized carbons (Fsp3) is 0.545. The van der Waals surface area contributed by atoms with Gasteiger partial charge in [0, 0.05) is 18.2 Å². The molecule has 0 bridgehead atoms. The SMILES string of the molecule is Cc1c(Cl)ncnc1N(CCC#N)C(C)C. The summed E-state index contributed by atoms with van der Waals surface area (Å²) in [6, 6.07) is 2.41. The second kappa shape index (κ2) is 5.66. The third kappa shape index (κ3) is 2.83. The lowest BCUT2D eigenvalue weighted by atomic mass is 10.2. The van der Waals surface area contributed by atoms with Crippen molar-refractivity contribution in [2.75, 3.05) is 11.4 Å². The summed E-state index contributed by atoms with van der Waals surface area (Å²) in [7, 11) is 0. The monoisotopic (exact) mass is 238 g/mol. The van der Waals surface area contributed by atoms with E-state index in [1.807, 2.05) is 6.92 Å². The Balaban J connectivity index is 3.02. The molecule has 0 aromatic carbocycles. The molecule has 1 aromatic rings. The third-order valence-electron chi connectivity index (χ3n) is 2.36. The van der Waals surface area contributed by atoms with Crippen LogP contribution in [0.1, 0.15) is 25.8 Å². The number of nitrogens with zero attached hydrogens (tertiary/aromatic N) is 4. The van der Waals surface area contributed by atoms with E-state index in [-0.39, 0.29) is 6.04 Å². The van der Waals surface area contributed by atoms with E-state index < -0.39 is 0 Å². The van der Waals surface area contributed by atoms with Gasteiger partial charge in [0.2, 0.25) is 0 Å². The van der Waals surface area contributed by atoms with Gasteiger partial charge >= 0.3 is 0 Å². The molecular formula is C11H15ClN4. The summed E-state index contributed by atoms with van der Waals surface area (Å²) in [5, 5.41) is 9.10. The standard InChI is InChI=1S/C11H15ClN4/c1-8(2)16(6-4-5-13)11-9(3)10(12)14-7-15-11/h7-8H,4,6H2,1-3H3. The zero-order chi connectivity index (χ0) is 12.1. The minimum Gasteiger partial charge on any atom is -0.353 e. The maximum absolute atomic E-state index is 8.63. The van der Waals surface area contributed by atoms with Crippen LogP contribution in [0.5, 0.6) is 0 Å². The average Bonchev–Trinajstić information content (AvgIpc) is 2.24. The van der Waals surface area contributed by atoms with Crippen LogP contribution in [-0.2, 0) is 0 Å². The predicted molar refractivity (Wildman–Crippen MR) is 64.5 cm³/mol. The highest BCUT2D eigenvalue weighted by Crippen LogP contribution is 2.23. The topological polar surface area (TPSA) is 52.8 Å². The Bertz CT molecular complexity index is 397. The maximum atomic E-state index is 8.63. The minimum atomic E-state index is 0.276. The van der Waals surface area contributed by atoms with Crippen molar-refractivity contribution in [1.82, 2.24) is 9.97 Å². The van der Waals surface area contributed by atoms with E-state index >= 15 is 0 Å². The first-order valence-electron chi connectivity index (χ1n) is 5.18. The molecule has 0 aliphatic rings. The molecule has 1 rings (SSSR count). The van der Waals surface area contributed by atoms with Crippen molar-refractivity contribution >= 4 is 17.4 Å². The first-order chi connectivity index (χ1) is 7.57. The Kier molecular flexibility index (Phi) is 4.51. The summed E-state index contributed by atoms with van der Waals surface area (Å²) in [6.45, 7) is 6.67. The molecule has 0 saturated carbocycles. The van der Waals surface area contributed by atoms with Gasteiger partial charge in [0.15, 0.2) is 0 Å². The number of rotatable bonds is 4. The van der Waals surface area contributed by atoms with Crippen molar-refractivity contribution in [1.29, 1.82) is 5.26 Å². The fourth-order valence-electron chi connectivity index (χ4n) is 1.49.